The zero-order chi connectivity index (χ0) is 16.7. The highest BCUT2D eigenvalue weighted by atomic mass is 32.2. The van der Waals surface area contributed by atoms with Crippen molar-refractivity contribution < 1.29 is 18.3 Å². The highest BCUT2D eigenvalue weighted by Gasteiger charge is 2.25. The lowest BCUT2D eigenvalue weighted by atomic mass is 10.0. The molecule has 0 fully saturated rings. The molecule has 0 radical (unpaired) electrons. The van der Waals surface area contributed by atoms with E-state index >= 15 is 0 Å². The third kappa shape index (κ3) is 5.87. The molecule has 0 saturated carbocycles. The summed E-state index contributed by atoms with van der Waals surface area (Å²) in [4.78, 5) is 11.4. The molecule has 0 amide bonds. The molecule has 2 aromatic rings. The molecule has 0 aromatic heterocycles. The van der Waals surface area contributed by atoms with Crippen LogP contribution in [0.2, 0.25) is 0 Å². The van der Waals surface area contributed by atoms with Crippen LogP contribution in [-0.4, -0.2) is 25.2 Å². The fraction of sp³-hybridized carbons (Fsp3) is 0.278. The van der Waals surface area contributed by atoms with E-state index in [1.165, 1.54) is 0 Å². The van der Waals surface area contributed by atoms with Gasteiger partial charge < -0.3 is 5.11 Å². The molecule has 23 heavy (non-hydrogen) atoms. The van der Waals surface area contributed by atoms with Gasteiger partial charge in [0.2, 0.25) is 0 Å². The Labute approximate surface area is 136 Å². The van der Waals surface area contributed by atoms with Gasteiger partial charge in [-0.05, 0) is 24.0 Å². The molecule has 2 rings (SSSR count). The molecule has 0 bridgehead atoms. The maximum atomic E-state index is 12.3. The Balaban J connectivity index is 1.99. The van der Waals surface area contributed by atoms with Crippen LogP contribution >= 0.6 is 0 Å². The lowest BCUT2D eigenvalue weighted by Gasteiger charge is -2.13. The van der Waals surface area contributed by atoms with Gasteiger partial charge in [-0.2, -0.15) is 0 Å². The quantitative estimate of drug-likeness (QED) is 0.807. The van der Waals surface area contributed by atoms with E-state index in [2.05, 4.69) is 0 Å². The molecule has 0 saturated heterocycles. The van der Waals surface area contributed by atoms with Crippen molar-refractivity contribution in [3.05, 3.63) is 71.8 Å². The van der Waals surface area contributed by atoms with Crippen molar-refractivity contribution in [2.45, 2.75) is 18.6 Å². The third-order valence-corrected chi connectivity index (χ3v) is 5.34. The molecular formula is C18H20O4S. The fourth-order valence-corrected chi connectivity index (χ4v) is 4.20. The molecule has 0 unspecified atom stereocenters. The van der Waals surface area contributed by atoms with Gasteiger partial charge in [-0.3, -0.25) is 4.79 Å². The van der Waals surface area contributed by atoms with Gasteiger partial charge in [0.15, 0.2) is 9.84 Å². The molecule has 0 aliphatic heterocycles. The Bertz CT molecular complexity index is 724. The first-order valence-corrected chi connectivity index (χ1v) is 9.29. The molecular weight excluding hydrogens is 312 g/mol. The van der Waals surface area contributed by atoms with E-state index < -0.39 is 21.7 Å². The predicted molar refractivity (Wildman–Crippen MR) is 89.8 cm³/mol. The first-order chi connectivity index (χ1) is 11.0. The number of aliphatic carboxylic acids is 1. The standard InChI is InChI=1S/C18H20O4S/c19-18(20)17(12-11-15-7-3-1-4-8-15)14-23(21,22)13-16-9-5-2-6-10-16/h1-10,17H,11-14H2,(H,19,20)/t17-/m0/s1. The predicted octanol–water partition coefficient (Wildman–Crippen LogP) is 2.94. The first kappa shape index (κ1) is 17.2. The third-order valence-electron chi connectivity index (χ3n) is 3.66. The van der Waals surface area contributed by atoms with E-state index in [9.17, 15) is 18.3 Å². The summed E-state index contributed by atoms with van der Waals surface area (Å²) in [6.07, 6.45) is 0.867. The highest BCUT2D eigenvalue weighted by Crippen LogP contribution is 2.16. The van der Waals surface area contributed by atoms with Gasteiger partial charge in [0.05, 0.1) is 17.4 Å². The topological polar surface area (TPSA) is 71.4 Å². The minimum Gasteiger partial charge on any atom is -0.481 e. The fourth-order valence-electron chi connectivity index (χ4n) is 2.46. The van der Waals surface area contributed by atoms with E-state index in [1.807, 2.05) is 36.4 Å². The average molecular weight is 332 g/mol. The van der Waals surface area contributed by atoms with Gasteiger partial charge in [0.1, 0.15) is 0 Å². The Morgan fingerprint density at radius 3 is 1.96 bits per heavy atom. The van der Waals surface area contributed by atoms with Crippen molar-refractivity contribution in [1.82, 2.24) is 0 Å². The number of sulfone groups is 1. The number of aryl methyl sites for hydroxylation is 1. The van der Waals surface area contributed by atoms with Gasteiger partial charge in [-0.15, -0.1) is 0 Å². The van der Waals surface area contributed by atoms with Crippen LogP contribution in [0.1, 0.15) is 17.5 Å². The number of benzene rings is 2. The summed E-state index contributed by atoms with van der Waals surface area (Å²) in [7, 11) is -3.46. The van der Waals surface area contributed by atoms with E-state index in [0.29, 0.717) is 18.4 Å². The molecule has 4 nitrogen and oxygen atoms in total. The Kier molecular flexibility index (Phi) is 5.93. The summed E-state index contributed by atoms with van der Waals surface area (Å²) < 4.78 is 24.5. The lowest BCUT2D eigenvalue weighted by molar-refractivity contribution is -0.141. The van der Waals surface area contributed by atoms with Crippen molar-refractivity contribution in [1.29, 1.82) is 0 Å². The Morgan fingerprint density at radius 1 is 0.913 bits per heavy atom. The van der Waals surface area contributed by atoms with Gasteiger partial charge in [-0.1, -0.05) is 60.7 Å². The summed E-state index contributed by atoms with van der Waals surface area (Å²) in [6.45, 7) is 0. The molecule has 5 heteroatoms. The minimum atomic E-state index is -3.46. The van der Waals surface area contributed by atoms with Crippen LogP contribution in [0, 0.1) is 5.92 Å². The normalized spacial score (nSPS) is 12.7. The second-order valence-electron chi connectivity index (χ2n) is 5.60. The number of carbonyl (C=O) groups is 1. The number of rotatable bonds is 8. The van der Waals surface area contributed by atoms with E-state index in [0.717, 1.165) is 5.56 Å². The molecule has 0 aliphatic rings. The lowest BCUT2D eigenvalue weighted by Crippen LogP contribution is -2.25. The van der Waals surface area contributed by atoms with E-state index in [1.54, 1.807) is 24.3 Å². The molecule has 0 heterocycles. The van der Waals surface area contributed by atoms with Crippen molar-refractivity contribution in [3.8, 4) is 0 Å². The molecule has 2 aromatic carbocycles. The van der Waals surface area contributed by atoms with Crippen molar-refractivity contribution in [2.75, 3.05) is 5.75 Å². The largest absolute Gasteiger partial charge is 0.481 e. The van der Waals surface area contributed by atoms with Crippen LogP contribution in [0.15, 0.2) is 60.7 Å². The van der Waals surface area contributed by atoms with Crippen molar-refractivity contribution >= 4 is 15.8 Å². The molecule has 0 aliphatic carbocycles. The maximum Gasteiger partial charge on any atom is 0.307 e. The van der Waals surface area contributed by atoms with Crippen molar-refractivity contribution in [3.63, 3.8) is 0 Å². The van der Waals surface area contributed by atoms with Gasteiger partial charge in [-0.25, -0.2) is 8.42 Å². The minimum absolute atomic E-state index is 0.122. The van der Waals surface area contributed by atoms with Crippen LogP contribution in [-0.2, 0) is 26.8 Å². The number of hydrogen-bond acceptors (Lipinski definition) is 3. The number of carboxylic acid groups (broad SMARTS) is 1. The van der Waals surface area contributed by atoms with E-state index in [4.69, 9.17) is 0 Å². The van der Waals surface area contributed by atoms with Crippen LogP contribution in [0.25, 0.3) is 0 Å². The average Bonchev–Trinajstić information content (AvgIpc) is 2.52. The summed E-state index contributed by atoms with van der Waals surface area (Å²) >= 11 is 0. The highest BCUT2D eigenvalue weighted by molar-refractivity contribution is 7.90. The molecule has 122 valence electrons. The maximum absolute atomic E-state index is 12.3. The second kappa shape index (κ2) is 7.92. The van der Waals surface area contributed by atoms with Gasteiger partial charge in [0.25, 0.3) is 0 Å². The molecule has 1 atom stereocenters. The van der Waals surface area contributed by atoms with Gasteiger partial charge in [0, 0.05) is 0 Å². The Morgan fingerprint density at radius 2 is 1.43 bits per heavy atom. The summed E-state index contributed by atoms with van der Waals surface area (Å²) in [6, 6.07) is 18.3. The monoisotopic (exact) mass is 332 g/mol. The summed E-state index contributed by atoms with van der Waals surface area (Å²) in [5, 5.41) is 9.32. The number of carboxylic acids is 1. The Hall–Kier alpha value is -2.14. The van der Waals surface area contributed by atoms with Crippen LogP contribution in [0.3, 0.4) is 0 Å². The summed E-state index contributed by atoms with van der Waals surface area (Å²) in [5.41, 5.74) is 1.69. The second-order valence-corrected chi connectivity index (χ2v) is 7.71. The van der Waals surface area contributed by atoms with Crippen LogP contribution < -0.4 is 0 Å². The molecule has 1 N–H and O–H groups in total. The zero-order valence-corrected chi connectivity index (χ0v) is 13.6. The number of hydrogen-bond donors (Lipinski definition) is 1. The molecule has 0 spiro atoms. The van der Waals surface area contributed by atoms with E-state index in [-0.39, 0.29) is 11.5 Å². The first-order valence-electron chi connectivity index (χ1n) is 7.47. The summed E-state index contributed by atoms with van der Waals surface area (Å²) in [5.74, 6) is -2.39. The zero-order valence-electron chi connectivity index (χ0n) is 12.8. The van der Waals surface area contributed by atoms with Gasteiger partial charge >= 0.3 is 5.97 Å². The van der Waals surface area contributed by atoms with Crippen molar-refractivity contribution in [2.24, 2.45) is 5.92 Å². The smallest absolute Gasteiger partial charge is 0.307 e. The van der Waals surface area contributed by atoms with Crippen LogP contribution in [0.5, 0.6) is 0 Å². The van der Waals surface area contributed by atoms with Crippen LogP contribution in [0.4, 0.5) is 0 Å². The SMILES string of the molecule is O=C(O)[C@@H](CCc1ccccc1)CS(=O)(=O)Cc1ccccc1.